The number of rotatable bonds is 1. The Hall–Kier alpha value is -3.15. The van der Waals surface area contributed by atoms with Crippen molar-refractivity contribution < 1.29 is 4.79 Å². The van der Waals surface area contributed by atoms with E-state index in [2.05, 4.69) is 57.3 Å². The highest BCUT2D eigenvalue weighted by atomic mass is 16.2. The van der Waals surface area contributed by atoms with Gasteiger partial charge >= 0.3 is 0 Å². The van der Waals surface area contributed by atoms with E-state index in [1.54, 1.807) is 6.33 Å². The number of fused-ring (bicyclic) bond motifs is 6. The maximum absolute atomic E-state index is 13.7. The summed E-state index contributed by atoms with van der Waals surface area (Å²) in [6, 6.07) is 10.5. The van der Waals surface area contributed by atoms with Gasteiger partial charge in [-0.1, -0.05) is 20.8 Å². The molecular formula is C25H27N5O. The van der Waals surface area contributed by atoms with E-state index in [0.29, 0.717) is 0 Å². The molecule has 6 heteroatoms. The minimum atomic E-state index is -0.0472. The Morgan fingerprint density at radius 3 is 2.81 bits per heavy atom. The Balaban J connectivity index is 1.45. The molecule has 3 heterocycles. The first-order chi connectivity index (χ1) is 14.8. The second-order valence-electron chi connectivity index (χ2n) is 10.0. The average molecular weight is 414 g/mol. The van der Waals surface area contributed by atoms with Crippen LogP contribution >= 0.6 is 0 Å². The largest absolute Gasteiger partial charge is 0.345 e. The number of hydrogen-bond donors (Lipinski definition) is 1. The number of hydrogen-bond acceptors (Lipinski definition) is 3. The number of imidazole rings is 2. The summed E-state index contributed by atoms with van der Waals surface area (Å²) in [6.45, 7) is 7.82. The number of nitrogens with one attached hydrogen (secondary N) is 1. The van der Waals surface area contributed by atoms with Gasteiger partial charge in [0.05, 0.1) is 34.7 Å². The van der Waals surface area contributed by atoms with E-state index < -0.39 is 0 Å². The standard InChI is InChI=1S/C25H27N5O/c1-24(2)22-11-16-10-21-20(28-14-29(21)4)12-17(16)25(24,3)7-8-30(22)23(31)15-5-6-18-19(9-15)27-13-26-18/h5-6,9-10,12-14,22H,7-8,11H2,1-4H3,(H,26,27)/t22?,25-/m0/s1. The first-order valence-electron chi connectivity index (χ1n) is 11.0. The van der Waals surface area contributed by atoms with E-state index in [-0.39, 0.29) is 22.8 Å². The number of H-pyrrole nitrogens is 1. The number of carbonyl (C=O) groups is 1. The third-order valence-corrected chi connectivity index (χ3v) is 8.37. The fourth-order valence-corrected chi connectivity index (χ4v) is 6.01. The zero-order chi connectivity index (χ0) is 21.5. The van der Waals surface area contributed by atoms with Crippen LogP contribution in [-0.4, -0.2) is 42.9 Å². The predicted octanol–water partition coefficient (Wildman–Crippen LogP) is 4.20. The van der Waals surface area contributed by atoms with E-state index >= 15 is 0 Å². The summed E-state index contributed by atoms with van der Waals surface area (Å²) in [5.41, 5.74) is 7.44. The molecule has 1 fully saturated rings. The lowest BCUT2D eigenvalue weighted by atomic mass is 9.51. The van der Waals surface area contributed by atoms with Crippen LogP contribution in [0.1, 0.15) is 48.7 Å². The average Bonchev–Trinajstić information content (AvgIpc) is 3.35. The molecule has 2 aromatic heterocycles. The molecule has 1 N–H and O–H groups in total. The number of aromatic amines is 1. The summed E-state index contributed by atoms with van der Waals surface area (Å²) < 4.78 is 2.08. The third-order valence-electron chi connectivity index (χ3n) is 8.37. The molecule has 2 bridgehead atoms. The molecule has 1 amide bonds. The smallest absolute Gasteiger partial charge is 0.254 e. The molecule has 0 radical (unpaired) electrons. The van der Waals surface area contributed by atoms with Crippen LogP contribution in [0, 0.1) is 5.41 Å². The molecule has 2 aliphatic rings. The Morgan fingerprint density at radius 1 is 1.13 bits per heavy atom. The first-order valence-corrected chi connectivity index (χ1v) is 11.0. The van der Waals surface area contributed by atoms with Crippen LogP contribution in [0.2, 0.25) is 0 Å². The first kappa shape index (κ1) is 18.6. The van der Waals surface area contributed by atoms with E-state index in [4.69, 9.17) is 0 Å². The molecule has 1 unspecified atom stereocenters. The van der Waals surface area contributed by atoms with Crippen molar-refractivity contribution in [1.82, 2.24) is 24.4 Å². The molecule has 6 rings (SSSR count). The van der Waals surface area contributed by atoms with Crippen molar-refractivity contribution in [3.63, 3.8) is 0 Å². The molecule has 6 nitrogen and oxygen atoms in total. The number of aryl methyl sites for hydroxylation is 1. The summed E-state index contributed by atoms with van der Waals surface area (Å²) in [5.74, 6) is 0.113. The van der Waals surface area contributed by atoms with Gasteiger partial charge in [-0.25, -0.2) is 9.97 Å². The zero-order valence-corrected chi connectivity index (χ0v) is 18.4. The Morgan fingerprint density at radius 2 is 1.97 bits per heavy atom. The van der Waals surface area contributed by atoms with Gasteiger partial charge in [0.2, 0.25) is 0 Å². The lowest BCUT2D eigenvalue weighted by molar-refractivity contribution is -0.0261. The van der Waals surface area contributed by atoms with Gasteiger partial charge in [-0.2, -0.15) is 0 Å². The number of carbonyl (C=O) groups excluding carboxylic acids is 1. The second-order valence-corrected chi connectivity index (χ2v) is 10.0. The van der Waals surface area contributed by atoms with Crippen molar-refractivity contribution in [1.29, 1.82) is 0 Å². The van der Waals surface area contributed by atoms with Crippen molar-refractivity contribution in [2.24, 2.45) is 12.5 Å². The van der Waals surface area contributed by atoms with Crippen LogP contribution in [0.25, 0.3) is 22.1 Å². The van der Waals surface area contributed by atoms with Crippen LogP contribution < -0.4 is 0 Å². The fourth-order valence-electron chi connectivity index (χ4n) is 6.01. The number of nitrogens with zero attached hydrogens (tertiary/aromatic N) is 4. The van der Waals surface area contributed by atoms with Gasteiger partial charge in [-0.15, -0.1) is 0 Å². The maximum atomic E-state index is 13.7. The molecule has 0 spiro atoms. The summed E-state index contributed by atoms with van der Waals surface area (Å²) >= 11 is 0. The normalized spacial score (nSPS) is 24.5. The van der Waals surface area contributed by atoms with E-state index in [0.717, 1.165) is 47.0 Å². The molecular weight excluding hydrogens is 386 g/mol. The minimum Gasteiger partial charge on any atom is -0.345 e. The van der Waals surface area contributed by atoms with Crippen LogP contribution in [-0.2, 0) is 18.9 Å². The molecule has 1 aliphatic heterocycles. The van der Waals surface area contributed by atoms with Gasteiger partial charge < -0.3 is 14.5 Å². The molecule has 1 saturated heterocycles. The lowest BCUT2D eigenvalue weighted by Crippen LogP contribution is -2.64. The van der Waals surface area contributed by atoms with Gasteiger partial charge in [0, 0.05) is 30.6 Å². The monoisotopic (exact) mass is 413 g/mol. The number of benzene rings is 2. The molecule has 2 aromatic carbocycles. The van der Waals surface area contributed by atoms with Crippen molar-refractivity contribution in [3.05, 3.63) is 59.7 Å². The Bertz CT molecular complexity index is 1360. The molecule has 31 heavy (non-hydrogen) atoms. The van der Waals surface area contributed by atoms with Crippen molar-refractivity contribution in [2.75, 3.05) is 6.54 Å². The van der Waals surface area contributed by atoms with E-state index in [1.165, 1.54) is 11.1 Å². The third kappa shape index (κ3) is 2.36. The lowest BCUT2D eigenvalue weighted by Gasteiger charge is -2.60. The highest BCUT2D eigenvalue weighted by Crippen LogP contribution is 2.56. The van der Waals surface area contributed by atoms with Crippen molar-refractivity contribution in [2.45, 2.75) is 45.1 Å². The van der Waals surface area contributed by atoms with Gasteiger partial charge in [0.1, 0.15) is 0 Å². The van der Waals surface area contributed by atoms with Crippen LogP contribution in [0.4, 0.5) is 0 Å². The summed E-state index contributed by atoms with van der Waals surface area (Å²) in [7, 11) is 2.04. The summed E-state index contributed by atoms with van der Waals surface area (Å²) in [5, 5.41) is 0. The zero-order valence-electron chi connectivity index (χ0n) is 18.4. The van der Waals surface area contributed by atoms with E-state index in [9.17, 15) is 4.79 Å². The number of likely N-dealkylation sites (tertiary alicyclic amines) is 1. The number of piperidine rings is 1. The number of amides is 1. The molecule has 1 aliphatic carbocycles. The SMILES string of the molecule is Cn1cnc2cc3c(cc21)CC1N(C(=O)c2ccc4nc[nH]c4c2)CC[C@]3(C)C1(C)C. The Kier molecular flexibility index (Phi) is 3.58. The number of aromatic nitrogens is 4. The molecule has 2 atom stereocenters. The Labute approximate surface area is 181 Å². The van der Waals surface area contributed by atoms with Gasteiger partial charge in [-0.05, 0) is 59.7 Å². The second kappa shape index (κ2) is 5.96. The van der Waals surface area contributed by atoms with Gasteiger partial charge in [0.25, 0.3) is 5.91 Å². The predicted molar refractivity (Wildman–Crippen MR) is 121 cm³/mol. The maximum Gasteiger partial charge on any atom is 0.254 e. The highest BCUT2D eigenvalue weighted by Gasteiger charge is 2.57. The topological polar surface area (TPSA) is 66.8 Å². The minimum absolute atomic E-state index is 0.00106. The summed E-state index contributed by atoms with van der Waals surface area (Å²) in [4.78, 5) is 27.8. The molecule has 0 saturated carbocycles. The fraction of sp³-hybridized carbons (Fsp3) is 0.400. The van der Waals surface area contributed by atoms with Crippen LogP contribution in [0.5, 0.6) is 0 Å². The summed E-state index contributed by atoms with van der Waals surface area (Å²) in [6.07, 6.45) is 5.37. The van der Waals surface area contributed by atoms with Crippen molar-refractivity contribution >= 4 is 28.0 Å². The molecule has 158 valence electrons. The quantitative estimate of drug-likeness (QED) is 0.508. The van der Waals surface area contributed by atoms with Crippen LogP contribution in [0.15, 0.2) is 43.0 Å². The van der Waals surface area contributed by atoms with E-state index in [1.807, 2.05) is 31.6 Å². The van der Waals surface area contributed by atoms with Gasteiger partial charge in [0.15, 0.2) is 0 Å². The van der Waals surface area contributed by atoms with Crippen LogP contribution in [0.3, 0.4) is 0 Å². The molecule has 4 aromatic rings. The van der Waals surface area contributed by atoms with Crippen molar-refractivity contribution in [3.8, 4) is 0 Å². The van der Waals surface area contributed by atoms with Gasteiger partial charge in [-0.3, -0.25) is 4.79 Å². The highest BCUT2D eigenvalue weighted by molar-refractivity contribution is 5.97.